The zero-order chi connectivity index (χ0) is 14.4. The average molecular weight is 354 g/mol. The van der Waals surface area contributed by atoms with Crippen LogP contribution < -0.4 is 11.1 Å². The number of amides is 1. The van der Waals surface area contributed by atoms with Gasteiger partial charge in [-0.2, -0.15) is 0 Å². The predicted molar refractivity (Wildman–Crippen MR) is 96.9 cm³/mol. The Morgan fingerprint density at radius 2 is 1.77 bits per heavy atom. The minimum Gasteiger partial charge on any atom is -0.355 e. The molecular weight excluding hydrogens is 321 g/mol. The number of hydrogen-bond acceptors (Lipinski definition) is 3. The molecule has 2 fully saturated rings. The summed E-state index contributed by atoms with van der Waals surface area (Å²) in [5.74, 6) is 0.593. The molecule has 2 atom stereocenters. The van der Waals surface area contributed by atoms with Gasteiger partial charge in [-0.1, -0.05) is 25.7 Å². The Kier molecular flexibility index (Phi) is 11.5. The third-order valence-corrected chi connectivity index (χ3v) is 5.15. The Morgan fingerprint density at radius 1 is 1.09 bits per heavy atom. The van der Waals surface area contributed by atoms with Gasteiger partial charge in [-0.25, -0.2) is 0 Å². The molecule has 0 aliphatic heterocycles. The van der Waals surface area contributed by atoms with Crippen molar-refractivity contribution in [1.29, 1.82) is 0 Å². The average Bonchev–Trinajstić information content (AvgIpc) is 2.85. The van der Waals surface area contributed by atoms with Crippen molar-refractivity contribution >= 4 is 30.7 Å². The van der Waals surface area contributed by atoms with Crippen LogP contribution in [0.15, 0.2) is 0 Å². The monoisotopic (exact) mass is 353 g/mol. The van der Waals surface area contributed by atoms with E-state index in [9.17, 15) is 4.79 Å². The molecule has 2 saturated carbocycles. The number of rotatable bonds is 6. The molecule has 0 saturated heterocycles. The van der Waals surface area contributed by atoms with E-state index in [-0.39, 0.29) is 36.8 Å². The first-order chi connectivity index (χ1) is 9.66. The summed E-state index contributed by atoms with van der Waals surface area (Å²) in [7, 11) is 2.19. The molecule has 0 aromatic heterocycles. The summed E-state index contributed by atoms with van der Waals surface area (Å²) in [6, 6.07) is 0.967. The van der Waals surface area contributed by atoms with Crippen LogP contribution in [0.2, 0.25) is 0 Å². The lowest BCUT2D eigenvalue weighted by molar-refractivity contribution is -0.122. The molecule has 0 heterocycles. The summed E-state index contributed by atoms with van der Waals surface area (Å²) >= 11 is 0. The van der Waals surface area contributed by atoms with E-state index in [4.69, 9.17) is 5.73 Å². The Balaban J connectivity index is 0.00000220. The van der Waals surface area contributed by atoms with E-state index in [1.165, 1.54) is 38.5 Å². The summed E-state index contributed by atoms with van der Waals surface area (Å²) in [5.41, 5.74) is 6.01. The molecule has 0 radical (unpaired) electrons. The third kappa shape index (κ3) is 7.03. The van der Waals surface area contributed by atoms with Gasteiger partial charge in [0, 0.05) is 31.6 Å². The number of carbonyl (C=O) groups is 1. The van der Waals surface area contributed by atoms with Gasteiger partial charge in [0.1, 0.15) is 0 Å². The van der Waals surface area contributed by atoms with Crippen LogP contribution in [0.4, 0.5) is 0 Å². The number of nitrogens with one attached hydrogen (secondary N) is 1. The highest BCUT2D eigenvalue weighted by molar-refractivity contribution is 5.85. The maximum Gasteiger partial charge on any atom is 0.220 e. The Bertz CT molecular complexity index is 312. The fourth-order valence-corrected chi connectivity index (χ4v) is 3.71. The van der Waals surface area contributed by atoms with Crippen molar-refractivity contribution in [3.63, 3.8) is 0 Å². The van der Waals surface area contributed by atoms with Gasteiger partial charge in [-0.05, 0) is 38.6 Å². The molecule has 132 valence electrons. The van der Waals surface area contributed by atoms with Crippen LogP contribution in [-0.2, 0) is 4.79 Å². The van der Waals surface area contributed by atoms with E-state index < -0.39 is 0 Å². The third-order valence-electron chi connectivity index (χ3n) is 5.15. The molecule has 22 heavy (non-hydrogen) atoms. The normalized spacial score (nSPS) is 25.4. The minimum atomic E-state index is 0. The van der Waals surface area contributed by atoms with Crippen molar-refractivity contribution < 1.29 is 4.79 Å². The fourth-order valence-electron chi connectivity index (χ4n) is 3.71. The van der Waals surface area contributed by atoms with Crippen molar-refractivity contribution in [1.82, 2.24) is 10.2 Å². The first kappa shape index (κ1) is 22.0. The van der Waals surface area contributed by atoms with Crippen LogP contribution >= 0.6 is 24.8 Å². The summed E-state index contributed by atoms with van der Waals surface area (Å²) in [6.45, 7) is 1.74. The quantitative estimate of drug-likeness (QED) is 0.771. The summed E-state index contributed by atoms with van der Waals surface area (Å²) in [4.78, 5) is 14.3. The number of hydrogen-bond donors (Lipinski definition) is 2. The van der Waals surface area contributed by atoms with Gasteiger partial charge in [0.15, 0.2) is 0 Å². The van der Waals surface area contributed by atoms with Gasteiger partial charge in [0.05, 0.1) is 0 Å². The van der Waals surface area contributed by atoms with E-state index >= 15 is 0 Å². The molecule has 0 aromatic rings. The van der Waals surface area contributed by atoms with Gasteiger partial charge in [-0.3, -0.25) is 4.79 Å². The van der Waals surface area contributed by atoms with Crippen LogP contribution in [0.1, 0.15) is 57.8 Å². The van der Waals surface area contributed by atoms with Gasteiger partial charge in [0.2, 0.25) is 5.91 Å². The van der Waals surface area contributed by atoms with Crippen LogP contribution in [-0.4, -0.2) is 43.0 Å². The number of nitrogens with zero attached hydrogens (tertiary/aromatic N) is 1. The van der Waals surface area contributed by atoms with Crippen molar-refractivity contribution in [2.24, 2.45) is 11.7 Å². The molecule has 2 aliphatic carbocycles. The minimum absolute atomic E-state index is 0. The molecule has 2 rings (SSSR count). The van der Waals surface area contributed by atoms with Crippen LogP contribution in [0.3, 0.4) is 0 Å². The lowest BCUT2D eigenvalue weighted by Crippen LogP contribution is -2.40. The highest BCUT2D eigenvalue weighted by Gasteiger charge is 2.26. The highest BCUT2D eigenvalue weighted by atomic mass is 35.5. The first-order valence-corrected chi connectivity index (χ1v) is 8.39. The van der Waals surface area contributed by atoms with Gasteiger partial charge in [-0.15, -0.1) is 24.8 Å². The summed E-state index contributed by atoms with van der Waals surface area (Å²) in [6.07, 6.45) is 10.8. The molecule has 6 heteroatoms. The Labute approximate surface area is 147 Å². The number of nitrogens with two attached hydrogens (primary N) is 1. The van der Waals surface area contributed by atoms with Gasteiger partial charge in [0.25, 0.3) is 0 Å². The molecule has 3 N–H and O–H groups in total. The van der Waals surface area contributed by atoms with Gasteiger partial charge < -0.3 is 16.0 Å². The van der Waals surface area contributed by atoms with Crippen LogP contribution in [0.25, 0.3) is 0 Å². The topological polar surface area (TPSA) is 58.4 Å². The van der Waals surface area contributed by atoms with Crippen molar-refractivity contribution in [3.8, 4) is 0 Å². The smallest absolute Gasteiger partial charge is 0.220 e. The largest absolute Gasteiger partial charge is 0.355 e. The van der Waals surface area contributed by atoms with E-state index in [1.54, 1.807) is 0 Å². The van der Waals surface area contributed by atoms with E-state index in [1.807, 2.05) is 0 Å². The maximum absolute atomic E-state index is 11.9. The van der Waals surface area contributed by atoms with Gasteiger partial charge >= 0.3 is 0 Å². The van der Waals surface area contributed by atoms with Crippen molar-refractivity contribution in [2.75, 3.05) is 20.1 Å². The Morgan fingerprint density at radius 3 is 2.36 bits per heavy atom. The highest BCUT2D eigenvalue weighted by Crippen LogP contribution is 2.26. The molecular formula is C16H33Cl2N3O. The van der Waals surface area contributed by atoms with E-state index in [2.05, 4.69) is 17.3 Å². The van der Waals surface area contributed by atoms with Crippen LogP contribution in [0.5, 0.6) is 0 Å². The maximum atomic E-state index is 11.9. The van der Waals surface area contributed by atoms with E-state index in [0.717, 1.165) is 32.0 Å². The zero-order valence-corrected chi connectivity index (χ0v) is 15.4. The number of likely N-dealkylation sites (N-methyl/N-ethyl adjacent to an activating group) is 1. The Hall–Kier alpha value is -0.0300. The second-order valence-electron chi connectivity index (χ2n) is 6.68. The second kappa shape index (κ2) is 11.5. The summed E-state index contributed by atoms with van der Waals surface area (Å²) in [5, 5.41) is 3.06. The first-order valence-electron chi connectivity index (χ1n) is 8.39. The molecule has 0 spiro atoms. The van der Waals surface area contributed by atoms with Crippen molar-refractivity contribution in [2.45, 2.75) is 69.9 Å². The SMILES string of the molecule is CN(CCNC(=O)C[C@@H]1CCC[C@H]1N)C1CCCCC1.Cl.Cl. The molecule has 0 bridgehead atoms. The number of carbonyl (C=O) groups excluding carboxylic acids is 1. The lowest BCUT2D eigenvalue weighted by Gasteiger charge is -2.31. The fraction of sp³-hybridized carbons (Fsp3) is 0.938. The van der Waals surface area contributed by atoms with E-state index in [0.29, 0.717) is 12.3 Å². The molecule has 0 aromatic carbocycles. The van der Waals surface area contributed by atoms with Crippen LogP contribution in [0, 0.1) is 5.92 Å². The lowest BCUT2D eigenvalue weighted by atomic mass is 9.94. The van der Waals surface area contributed by atoms with Crippen molar-refractivity contribution in [3.05, 3.63) is 0 Å². The molecule has 0 unspecified atom stereocenters. The standard InChI is InChI=1S/C16H31N3O.2ClH/c1-19(14-7-3-2-4-8-14)11-10-18-16(20)12-13-6-5-9-15(13)17;;/h13-15H,2-12,17H2,1H3,(H,18,20);2*1H/t13-,15+;;/m0../s1. The molecule has 2 aliphatic rings. The molecule has 4 nitrogen and oxygen atoms in total. The predicted octanol–water partition coefficient (Wildman–Crippen LogP) is 2.73. The summed E-state index contributed by atoms with van der Waals surface area (Å²) < 4.78 is 0. The zero-order valence-electron chi connectivity index (χ0n) is 13.8. The number of halogens is 2. The molecule has 1 amide bonds. The second-order valence-corrected chi connectivity index (χ2v) is 6.68.